The number of ether oxygens (including phenoxy) is 1. The molecule has 2 aromatic rings. The number of carbonyl (C=O) groups is 1. The monoisotopic (exact) mass is 269 g/mol. The summed E-state index contributed by atoms with van der Waals surface area (Å²) in [6, 6.07) is 10.7. The summed E-state index contributed by atoms with van der Waals surface area (Å²) in [5.41, 5.74) is 1.35. The maximum absolute atomic E-state index is 12.3. The number of benzene rings is 1. The topological polar surface area (TPSA) is 50.1 Å². The molecule has 0 unspecified atom stereocenters. The minimum atomic E-state index is -0.328. The zero-order valence-electron chi connectivity index (χ0n) is 10.3. The molecule has 1 heterocycles. The van der Waals surface area contributed by atoms with Crippen LogP contribution in [0, 0.1) is 11.3 Å². The first-order valence-corrected chi connectivity index (χ1v) is 6.52. The third-order valence-electron chi connectivity index (χ3n) is 2.57. The standard InChI is InChI=1S/C15H11NO2S/c1-18-14-5-3-2-4-13(14)15(17)12(9-16)8-11-6-7-19-10-11/h2-8,10H,1H3/b12-8-. The van der Waals surface area contributed by atoms with Crippen LogP contribution >= 0.6 is 11.3 Å². The molecule has 0 aliphatic rings. The lowest BCUT2D eigenvalue weighted by Gasteiger charge is -2.06. The van der Waals surface area contributed by atoms with E-state index in [9.17, 15) is 4.79 Å². The van der Waals surface area contributed by atoms with Gasteiger partial charge in [-0.2, -0.15) is 16.6 Å². The van der Waals surface area contributed by atoms with Crippen LogP contribution in [0.3, 0.4) is 0 Å². The van der Waals surface area contributed by atoms with E-state index in [1.165, 1.54) is 18.4 Å². The van der Waals surface area contributed by atoms with E-state index >= 15 is 0 Å². The van der Waals surface area contributed by atoms with Crippen molar-refractivity contribution in [3.05, 3.63) is 57.8 Å². The fraction of sp³-hybridized carbons (Fsp3) is 0.0667. The van der Waals surface area contributed by atoms with Gasteiger partial charge in [0.15, 0.2) is 0 Å². The zero-order chi connectivity index (χ0) is 13.7. The van der Waals surface area contributed by atoms with Gasteiger partial charge in [0, 0.05) is 0 Å². The highest BCUT2D eigenvalue weighted by molar-refractivity contribution is 7.08. The van der Waals surface area contributed by atoms with Crippen molar-refractivity contribution < 1.29 is 9.53 Å². The number of thiophene rings is 1. The molecule has 0 N–H and O–H groups in total. The van der Waals surface area contributed by atoms with E-state index in [1.54, 1.807) is 30.3 Å². The number of allylic oxidation sites excluding steroid dienone is 1. The number of methoxy groups -OCH3 is 1. The molecule has 19 heavy (non-hydrogen) atoms. The Hall–Kier alpha value is -2.38. The van der Waals surface area contributed by atoms with E-state index in [0.717, 1.165) is 5.56 Å². The van der Waals surface area contributed by atoms with Crippen molar-refractivity contribution in [3.63, 3.8) is 0 Å². The van der Waals surface area contributed by atoms with Gasteiger partial charge in [-0.05, 0) is 40.6 Å². The Labute approximate surface area is 115 Å². The molecule has 94 valence electrons. The Morgan fingerprint density at radius 2 is 2.16 bits per heavy atom. The zero-order valence-corrected chi connectivity index (χ0v) is 11.1. The largest absolute Gasteiger partial charge is 0.496 e. The molecule has 0 bridgehead atoms. The van der Waals surface area contributed by atoms with Crippen molar-refractivity contribution in [2.24, 2.45) is 0 Å². The van der Waals surface area contributed by atoms with Crippen LogP contribution < -0.4 is 4.74 Å². The van der Waals surface area contributed by atoms with Crippen molar-refractivity contribution in [3.8, 4) is 11.8 Å². The van der Waals surface area contributed by atoms with Gasteiger partial charge < -0.3 is 4.74 Å². The minimum Gasteiger partial charge on any atom is -0.496 e. The molecule has 2 rings (SSSR count). The molecule has 1 aromatic heterocycles. The first-order chi connectivity index (χ1) is 9.26. The van der Waals surface area contributed by atoms with E-state index in [-0.39, 0.29) is 11.4 Å². The predicted molar refractivity (Wildman–Crippen MR) is 75.2 cm³/mol. The first kappa shape index (κ1) is 13.1. The van der Waals surface area contributed by atoms with Crippen LogP contribution in [0.4, 0.5) is 0 Å². The fourth-order valence-electron chi connectivity index (χ4n) is 1.65. The van der Waals surface area contributed by atoms with Gasteiger partial charge in [0.1, 0.15) is 17.4 Å². The van der Waals surface area contributed by atoms with Crippen LogP contribution in [-0.2, 0) is 0 Å². The SMILES string of the molecule is COc1ccccc1C(=O)/C(C#N)=C\c1ccsc1. The summed E-state index contributed by atoms with van der Waals surface area (Å²) in [5.74, 6) is 0.144. The highest BCUT2D eigenvalue weighted by Crippen LogP contribution is 2.22. The Balaban J connectivity index is 2.40. The lowest BCUT2D eigenvalue weighted by Crippen LogP contribution is -2.04. The molecule has 0 fully saturated rings. The molecule has 0 spiro atoms. The second-order valence-corrected chi connectivity index (χ2v) is 4.54. The molecule has 0 radical (unpaired) electrons. The average Bonchev–Trinajstić information content (AvgIpc) is 2.97. The molecule has 0 atom stereocenters. The molecule has 0 saturated heterocycles. The minimum absolute atomic E-state index is 0.0999. The Morgan fingerprint density at radius 3 is 2.79 bits per heavy atom. The van der Waals surface area contributed by atoms with Crippen LogP contribution in [0.5, 0.6) is 5.75 Å². The maximum Gasteiger partial charge on any atom is 0.207 e. The quantitative estimate of drug-likeness (QED) is 0.484. The van der Waals surface area contributed by atoms with Crippen LogP contribution in [0.2, 0.25) is 0 Å². The summed E-state index contributed by atoms with van der Waals surface area (Å²) in [6.45, 7) is 0. The van der Waals surface area contributed by atoms with Gasteiger partial charge >= 0.3 is 0 Å². The van der Waals surface area contributed by atoms with E-state index < -0.39 is 0 Å². The van der Waals surface area contributed by atoms with Gasteiger partial charge in [0.25, 0.3) is 0 Å². The highest BCUT2D eigenvalue weighted by atomic mass is 32.1. The summed E-state index contributed by atoms with van der Waals surface area (Å²) in [6.07, 6.45) is 1.59. The van der Waals surface area contributed by atoms with Gasteiger partial charge in [-0.15, -0.1) is 0 Å². The maximum atomic E-state index is 12.3. The van der Waals surface area contributed by atoms with Gasteiger partial charge in [-0.25, -0.2) is 0 Å². The molecule has 0 saturated carbocycles. The van der Waals surface area contributed by atoms with Crippen LogP contribution in [0.1, 0.15) is 15.9 Å². The molecule has 0 aliphatic carbocycles. The van der Waals surface area contributed by atoms with E-state index in [2.05, 4.69) is 0 Å². The Morgan fingerprint density at radius 1 is 1.37 bits per heavy atom. The van der Waals surface area contributed by atoms with Gasteiger partial charge in [-0.1, -0.05) is 12.1 Å². The summed E-state index contributed by atoms with van der Waals surface area (Å²) < 4.78 is 5.14. The summed E-state index contributed by atoms with van der Waals surface area (Å²) in [7, 11) is 1.50. The second-order valence-electron chi connectivity index (χ2n) is 3.76. The number of hydrogen-bond acceptors (Lipinski definition) is 4. The van der Waals surface area contributed by atoms with Crippen molar-refractivity contribution in [1.82, 2.24) is 0 Å². The van der Waals surface area contributed by atoms with Gasteiger partial charge in [0.2, 0.25) is 5.78 Å². The average molecular weight is 269 g/mol. The Kier molecular flexibility index (Phi) is 4.11. The van der Waals surface area contributed by atoms with Crippen LogP contribution in [-0.4, -0.2) is 12.9 Å². The number of nitrogens with zero attached hydrogens (tertiary/aromatic N) is 1. The summed E-state index contributed by atoms with van der Waals surface area (Å²) >= 11 is 1.52. The van der Waals surface area contributed by atoms with E-state index in [1.807, 2.05) is 22.9 Å². The Bertz CT molecular complexity index is 651. The number of Topliss-reactive ketones (excluding diaryl/α,β-unsaturated/α-hetero) is 1. The van der Waals surface area contributed by atoms with Crippen molar-refractivity contribution in [1.29, 1.82) is 5.26 Å². The smallest absolute Gasteiger partial charge is 0.207 e. The van der Waals surface area contributed by atoms with E-state index in [4.69, 9.17) is 10.00 Å². The second kappa shape index (κ2) is 5.98. The molecule has 0 amide bonds. The molecular formula is C15H11NO2S. The predicted octanol–water partition coefficient (Wildman–Crippen LogP) is 3.55. The van der Waals surface area contributed by atoms with Crippen molar-refractivity contribution >= 4 is 23.2 Å². The molecule has 3 nitrogen and oxygen atoms in total. The fourth-order valence-corrected chi connectivity index (χ4v) is 2.27. The highest BCUT2D eigenvalue weighted by Gasteiger charge is 2.16. The lowest BCUT2D eigenvalue weighted by molar-refractivity contribution is 0.103. The number of para-hydroxylation sites is 1. The lowest BCUT2D eigenvalue weighted by atomic mass is 10.0. The van der Waals surface area contributed by atoms with Crippen molar-refractivity contribution in [2.75, 3.05) is 7.11 Å². The number of ketones is 1. The van der Waals surface area contributed by atoms with Gasteiger partial charge in [0.05, 0.1) is 12.7 Å². The summed E-state index contributed by atoms with van der Waals surface area (Å²) in [5, 5.41) is 12.9. The molecule has 1 aromatic carbocycles. The number of nitriles is 1. The van der Waals surface area contributed by atoms with E-state index in [0.29, 0.717) is 11.3 Å². The number of carbonyl (C=O) groups excluding carboxylic acids is 1. The number of hydrogen-bond donors (Lipinski definition) is 0. The normalized spacial score (nSPS) is 10.8. The molecule has 0 aliphatic heterocycles. The van der Waals surface area contributed by atoms with Crippen LogP contribution in [0.25, 0.3) is 6.08 Å². The molecule has 4 heteroatoms. The van der Waals surface area contributed by atoms with Crippen LogP contribution in [0.15, 0.2) is 46.7 Å². The van der Waals surface area contributed by atoms with Crippen molar-refractivity contribution in [2.45, 2.75) is 0 Å². The first-order valence-electron chi connectivity index (χ1n) is 5.58. The number of rotatable bonds is 4. The third-order valence-corrected chi connectivity index (χ3v) is 3.27. The van der Waals surface area contributed by atoms with Gasteiger partial charge in [-0.3, -0.25) is 4.79 Å². The summed E-state index contributed by atoms with van der Waals surface area (Å²) in [4.78, 5) is 12.3. The molecular weight excluding hydrogens is 258 g/mol. The third kappa shape index (κ3) is 2.90.